The second-order valence-corrected chi connectivity index (χ2v) is 4.95. The molecule has 0 heterocycles. The molecule has 1 aromatic rings. The molecule has 0 spiro atoms. The molecule has 0 aliphatic carbocycles. The first-order valence-electron chi connectivity index (χ1n) is 4.95. The number of hydroxylamine groups is 1. The summed E-state index contributed by atoms with van der Waals surface area (Å²) in [5.41, 5.74) is 3.60. The molecule has 0 aliphatic heterocycles. The smallest absolute Gasteiger partial charge is 0.238 e. The first-order chi connectivity index (χ1) is 7.45. The fourth-order valence-corrected chi connectivity index (χ4v) is 1.81. The lowest BCUT2D eigenvalue weighted by molar-refractivity contribution is 0.0284. The van der Waals surface area contributed by atoms with Crippen LogP contribution in [0.1, 0.15) is 25.5 Å². The maximum Gasteiger partial charge on any atom is 0.238 e. The van der Waals surface area contributed by atoms with Crippen molar-refractivity contribution in [2.24, 2.45) is 5.14 Å². The van der Waals surface area contributed by atoms with E-state index in [2.05, 4.69) is 5.48 Å². The molecule has 0 fully saturated rings. The Hall–Kier alpha value is -0.950. The lowest BCUT2D eigenvalue weighted by Gasteiger charge is -2.13. The molecule has 1 atom stereocenters. The number of hydrogen-bond acceptors (Lipinski definition) is 4. The predicted molar refractivity (Wildman–Crippen MR) is 61.0 cm³/mol. The summed E-state index contributed by atoms with van der Waals surface area (Å²) in [5, 5.41) is 5.05. The summed E-state index contributed by atoms with van der Waals surface area (Å²) in [6.07, 6.45) is 0. The normalized spacial score (nSPS) is 13.7. The minimum Gasteiger partial charge on any atom is -0.302 e. The molecule has 6 heteroatoms. The van der Waals surface area contributed by atoms with Crippen LogP contribution in [-0.2, 0) is 14.9 Å². The van der Waals surface area contributed by atoms with E-state index in [1.54, 1.807) is 6.07 Å². The van der Waals surface area contributed by atoms with Gasteiger partial charge in [-0.05, 0) is 31.5 Å². The van der Waals surface area contributed by atoms with E-state index >= 15 is 0 Å². The van der Waals surface area contributed by atoms with Crippen LogP contribution < -0.4 is 10.6 Å². The molecular formula is C10H16N2O3S. The van der Waals surface area contributed by atoms with Crippen molar-refractivity contribution in [2.45, 2.75) is 24.8 Å². The fraction of sp³-hybridized carbons (Fsp3) is 0.400. The summed E-state index contributed by atoms with van der Waals surface area (Å²) in [5.74, 6) is 0. The van der Waals surface area contributed by atoms with Gasteiger partial charge in [-0.15, -0.1) is 0 Å². The lowest BCUT2D eigenvalue weighted by Crippen LogP contribution is -2.19. The van der Waals surface area contributed by atoms with Crippen molar-refractivity contribution in [2.75, 3.05) is 6.61 Å². The quantitative estimate of drug-likeness (QED) is 0.755. The van der Waals surface area contributed by atoms with Crippen LogP contribution in [0.3, 0.4) is 0 Å². The van der Waals surface area contributed by atoms with Crippen LogP contribution in [0.4, 0.5) is 0 Å². The SMILES string of the molecule is CCONC(C)c1cccc(S(N)(=O)=O)c1. The topological polar surface area (TPSA) is 81.4 Å². The molecule has 0 saturated heterocycles. The summed E-state index contributed by atoms with van der Waals surface area (Å²) in [4.78, 5) is 5.15. The number of primary sulfonamides is 1. The van der Waals surface area contributed by atoms with Crippen LogP contribution in [0.25, 0.3) is 0 Å². The van der Waals surface area contributed by atoms with Gasteiger partial charge in [0.25, 0.3) is 0 Å². The molecule has 1 rings (SSSR count). The van der Waals surface area contributed by atoms with Crippen molar-refractivity contribution in [3.8, 4) is 0 Å². The van der Waals surface area contributed by atoms with Gasteiger partial charge in [0.15, 0.2) is 0 Å². The fourth-order valence-electron chi connectivity index (χ4n) is 1.24. The van der Waals surface area contributed by atoms with E-state index in [1.807, 2.05) is 19.9 Å². The second-order valence-electron chi connectivity index (χ2n) is 3.39. The zero-order chi connectivity index (χ0) is 12.2. The van der Waals surface area contributed by atoms with Crippen molar-refractivity contribution in [1.29, 1.82) is 0 Å². The number of sulfonamides is 1. The van der Waals surface area contributed by atoms with Gasteiger partial charge in [-0.1, -0.05) is 12.1 Å². The van der Waals surface area contributed by atoms with Crippen LogP contribution >= 0.6 is 0 Å². The number of nitrogens with one attached hydrogen (secondary N) is 1. The molecule has 16 heavy (non-hydrogen) atoms. The molecule has 1 aromatic carbocycles. The van der Waals surface area contributed by atoms with Gasteiger partial charge in [-0.2, -0.15) is 5.48 Å². The van der Waals surface area contributed by atoms with Gasteiger partial charge >= 0.3 is 0 Å². The van der Waals surface area contributed by atoms with Gasteiger partial charge in [0.2, 0.25) is 10.0 Å². The van der Waals surface area contributed by atoms with Gasteiger partial charge in [-0.3, -0.25) is 0 Å². The van der Waals surface area contributed by atoms with Gasteiger partial charge in [0, 0.05) is 0 Å². The highest BCUT2D eigenvalue weighted by Crippen LogP contribution is 2.16. The first-order valence-corrected chi connectivity index (χ1v) is 6.50. The van der Waals surface area contributed by atoms with E-state index in [-0.39, 0.29) is 10.9 Å². The van der Waals surface area contributed by atoms with Crippen LogP contribution in [0, 0.1) is 0 Å². The Bertz CT molecular complexity index is 445. The number of nitrogens with two attached hydrogens (primary N) is 1. The van der Waals surface area contributed by atoms with Gasteiger partial charge < -0.3 is 4.84 Å². The molecule has 90 valence electrons. The average molecular weight is 244 g/mol. The summed E-state index contributed by atoms with van der Waals surface area (Å²) >= 11 is 0. The number of hydrogen-bond donors (Lipinski definition) is 2. The van der Waals surface area contributed by atoms with E-state index in [0.717, 1.165) is 5.56 Å². The maximum absolute atomic E-state index is 11.1. The van der Waals surface area contributed by atoms with Gasteiger partial charge in [-0.25, -0.2) is 13.6 Å². The van der Waals surface area contributed by atoms with Crippen LogP contribution in [0.5, 0.6) is 0 Å². The third kappa shape index (κ3) is 3.57. The Morgan fingerprint density at radius 1 is 1.50 bits per heavy atom. The molecular weight excluding hydrogens is 228 g/mol. The molecule has 1 unspecified atom stereocenters. The van der Waals surface area contributed by atoms with Crippen LogP contribution in [-0.4, -0.2) is 15.0 Å². The summed E-state index contributed by atoms with van der Waals surface area (Å²) in [6, 6.07) is 6.37. The van der Waals surface area contributed by atoms with Crippen molar-refractivity contribution in [1.82, 2.24) is 5.48 Å². The minimum absolute atomic E-state index is 0.0957. The van der Waals surface area contributed by atoms with Crippen molar-refractivity contribution in [3.05, 3.63) is 29.8 Å². The third-order valence-corrected chi connectivity index (χ3v) is 3.00. The maximum atomic E-state index is 11.1. The zero-order valence-electron chi connectivity index (χ0n) is 9.30. The van der Waals surface area contributed by atoms with Crippen LogP contribution in [0.2, 0.25) is 0 Å². The second kappa shape index (κ2) is 5.40. The highest BCUT2D eigenvalue weighted by Gasteiger charge is 2.11. The third-order valence-electron chi connectivity index (χ3n) is 2.09. The molecule has 0 saturated carbocycles. The van der Waals surface area contributed by atoms with E-state index in [9.17, 15) is 8.42 Å². The van der Waals surface area contributed by atoms with E-state index in [1.165, 1.54) is 12.1 Å². The Labute approximate surface area is 95.6 Å². The zero-order valence-corrected chi connectivity index (χ0v) is 10.1. The summed E-state index contributed by atoms with van der Waals surface area (Å²) < 4.78 is 22.3. The molecule has 3 N–H and O–H groups in total. The molecule has 0 amide bonds. The van der Waals surface area contributed by atoms with E-state index < -0.39 is 10.0 Å². The highest BCUT2D eigenvalue weighted by atomic mass is 32.2. The molecule has 0 aromatic heterocycles. The lowest BCUT2D eigenvalue weighted by atomic mass is 10.1. The number of benzene rings is 1. The number of rotatable bonds is 5. The monoisotopic (exact) mass is 244 g/mol. The molecule has 0 radical (unpaired) electrons. The largest absolute Gasteiger partial charge is 0.302 e. The Morgan fingerprint density at radius 3 is 2.75 bits per heavy atom. The summed E-state index contributed by atoms with van der Waals surface area (Å²) in [7, 11) is -3.65. The molecule has 0 aliphatic rings. The standard InChI is InChI=1S/C10H16N2O3S/c1-3-15-12-8(2)9-5-4-6-10(7-9)16(11,13)14/h4-8,12H,3H2,1-2H3,(H2,11,13,14). The Kier molecular flexibility index (Phi) is 4.43. The predicted octanol–water partition coefficient (Wildman–Crippen LogP) is 0.936. The van der Waals surface area contributed by atoms with E-state index in [4.69, 9.17) is 9.98 Å². The Balaban J connectivity index is 2.90. The molecule has 5 nitrogen and oxygen atoms in total. The van der Waals surface area contributed by atoms with E-state index in [0.29, 0.717) is 6.61 Å². The average Bonchev–Trinajstić information content (AvgIpc) is 2.25. The van der Waals surface area contributed by atoms with Crippen molar-refractivity contribution in [3.63, 3.8) is 0 Å². The first kappa shape index (κ1) is 13.1. The van der Waals surface area contributed by atoms with Crippen LogP contribution in [0.15, 0.2) is 29.2 Å². The highest BCUT2D eigenvalue weighted by molar-refractivity contribution is 7.89. The van der Waals surface area contributed by atoms with Crippen molar-refractivity contribution < 1.29 is 13.3 Å². The summed E-state index contributed by atoms with van der Waals surface area (Å²) in [6.45, 7) is 4.28. The Morgan fingerprint density at radius 2 is 2.19 bits per heavy atom. The molecule has 0 bridgehead atoms. The minimum atomic E-state index is -3.65. The van der Waals surface area contributed by atoms with Gasteiger partial charge in [0.05, 0.1) is 17.5 Å². The van der Waals surface area contributed by atoms with Crippen molar-refractivity contribution >= 4 is 10.0 Å². The van der Waals surface area contributed by atoms with Gasteiger partial charge in [0.1, 0.15) is 0 Å².